The molecule has 1 fully saturated rings. The van der Waals surface area contributed by atoms with E-state index in [1.54, 1.807) is 42.6 Å². The van der Waals surface area contributed by atoms with E-state index in [9.17, 15) is 14.3 Å². The van der Waals surface area contributed by atoms with E-state index in [4.69, 9.17) is 26.3 Å². The number of benzene rings is 2. The molecule has 6 rings (SSSR count). The van der Waals surface area contributed by atoms with Crippen molar-refractivity contribution in [3.8, 4) is 5.88 Å². The van der Waals surface area contributed by atoms with Crippen LogP contribution in [0.15, 0.2) is 73.1 Å². The second kappa shape index (κ2) is 12.3. The van der Waals surface area contributed by atoms with E-state index in [1.165, 1.54) is 6.07 Å². The van der Waals surface area contributed by atoms with Gasteiger partial charge in [-0.05, 0) is 68.4 Å². The van der Waals surface area contributed by atoms with Crippen molar-refractivity contribution < 1.29 is 19.0 Å². The van der Waals surface area contributed by atoms with Gasteiger partial charge in [-0.2, -0.15) is 5.10 Å². The van der Waals surface area contributed by atoms with E-state index in [2.05, 4.69) is 14.6 Å². The number of piperidine rings is 1. The lowest BCUT2D eigenvalue weighted by Gasteiger charge is -2.31. The van der Waals surface area contributed by atoms with Gasteiger partial charge in [0.1, 0.15) is 18.2 Å². The van der Waals surface area contributed by atoms with Crippen molar-refractivity contribution in [2.75, 3.05) is 13.1 Å². The van der Waals surface area contributed by atoms with Gasteiger partial charge >= 0.3 is 5.97 Å². The van der Waals surface area contributed by atoms with Crippen LogP contribution in [0.1, 0.15) is 46.2 Å². The fraction of sp³-hybridized carbons (Fsp3) is 0.290. The van der Waals surface area contributed by atoms with Crippen LogP contribution in [0.3, 0.4) is 0 Å². The predicted molar refractivity (Wildman–Crippen MR) is 156 cm³/mol. The van der Waals surface area contributed by atoms with E-state index >= 15 is 0 Å². The van der Waals surface area contributed by atoms with Gasteiger partial charge in [-0.15, -0.1) is 0 Å². The maximum atomic E-state index is 14.1. The first-order chi connectivity index (χ1) is 20.4. The number of aromatic carboxylic acids is 1. The normalized spacial score (nSPS) is 14.4. The van der Waals surface area contributed by atoms with Crippen LogP contribution in [0, 0.1) is 5.82 Å². The average Bonchev–Trinajstić information content (AvgIpc) is 3.63. The van der Waals surface area contributed by atoms with Gasteiger partial charge in [0.2, 0.25) is 5.88 Å². The van der Waals surface area contributed by atoms with E-state index < -0.39 is 11.8 Å². The van der Waals surface area contributed by atoms with Gasteiger partial charge in [0, 0.05) is 47.2 Å². The van der Waals surface area contributed by atoms with E-state index in [1.807, 2.05) is 29.1 Å². The quantitative estimate of drug-likeness (QED) is 0.221. The molecule has 1 aliphatic rings. The number of nitrogens with zero attached hydrogens (tertiary/aromatic N) is 6. The highest BCUT2D eigenvalue weighted by Crippen LogP contribution is 2.29. The number of fused-ring (bicyclic) bond motifs is 1. The van der Waals surface area contributed by atoms with Gasteiger partial charge in [-0.1, -0.05) is 23.7 Å². The molecule has 1 aliphatic heterocycles. The Kier molecular flexibility index (Phi) is 8.16. The number of hydrogen-bond donors (Lipinski definition) is 1. The highest BCUT2D eigenvalue weighted by molar-refractivity contribution is 6.30. The van der Waals surface area contributed by atoms with Crippen LogP contribution in [-0.4, -0.2) is 53.4 Å². The third-order valence-electron chi connectivity index (χ3n) is 7.69. The summed E-state index contributed by atoms with van der Waals surface area (Å²) >= 11 is 5.85. The summed E-state index contributed by atoms with van der Waals surface area (Å²) in [5.41, 5.74) is 3.23. The molecule has 11 heteroatoms. The number of likely N-dealkylation sites (tertiary alicyclic amines) is 1. The van der Waals surface area contributed by atoms with E-state index in [0.717, 1.165) is 48.5 Å². The number of halogens is 2. The van der Waals surface area contributed by atoms with Crippen LogP contribution < -0.4 is 4.74 Å². The Bertz CT molecular complexity index is 1700. The third-order valence-corrected chi connectivity index (χ3v) is 7.93. The molecule has 0 bridgehead atoms. The Morgan fingerprint density at radius 1 is 1.05 bits per heavy atom. The predicted octanol–water partition coefficient (Wildman–Crippen LogP) is 5.78. The lowest BCUT2D eigenvalue weighted by molar-refractivity contribution is 0.0697. The van der Waals surface area contributed by atoms with Gasteiger partial charge in [0.15, 0.2) is 0 Å². The number of ether oxygens (including phenoxy) is 1. The molecule has 0 saturated carbocycles. The largest absolute Gasteiger partial charge is 0.478 e. The first kappa shape index (κ1) is 27.9. The fourth-order valence-electron chi connectivity index (χ4n) is 5.43. The molecule has 9 nitrogen and oxygen atoms in total. The second-order valence-corrected chi connectivity index (χ2v) is 10.9. The van der Waals surface area contributed by atoms with Crippen molar-refractivity contribution in [2.24, 2.45) is 0 Å². The molecule has 0 unspecified atom stereocenters. The fourth-order valence-corrected chi connectivity index (χ4v) is 5.59. The molecule has 0 spiro atoms. The third kappa shape index (κ3) is 6.29. The summed E-state index contributed by atoms with van der Waals surface area (Å²) in [6.07, 6.45) is 5.52. The Labute approximate surface area is 247 Å². The first-order valence-electron chi connectivity index (χ1n) is 13.9. The molecule has 0 atom stereocenters. The molecular weight excluding hydrogens is 559 g/mol. The van der Waals surface area contributed by atoms with Crippen molar-refractivity contribution in [2.45, 2.75) is 45.0 Å². The Hall–Kier alpha value is -4.28. The molecule has 0 amide bonds. The minimum atomic E-state index is -0.958. The smallest absolute Gasteiger partial charge is 0.335 e. The number of aryl methyl sites for hydroxylation is 2. The minimum absolute atomic E-state index is 0.0766. The average molecular weight is 589 g/mol. The Balaban J connectivity index is 1.12. The van der Waals surface area contributed by atoms with Crippen molar-refractivity contribution in [3.63, 3.8) is 0 Å². The lowest BCUT2D eigenvalue weighted by atomic mass is 9.93. The zero-order valence-electron chi connectivity index (χ0n) is 22.9. The zero-order chi connectivity index (χ0) is 29.1. The van der Waals surface area contributed by atoms with Crippen molar-refractivity contribution in [1.29, 1.82) is 0 Å². The van der Waals surface area contributed by atoms with Crippen molar-refractivity contribution in [3.05, 3.63) is 107 Å². The molecule has 216 valence electrons. The maximum Gasteiger partial charge on any atom is 0.335 e. The number of carboxylic acids is 1. The summed E-state index contributed by atoms with van der Waals surface area (Å²) in [5.74, 6) is 0.301. The van der Waals surface area contributed by atoms with E-state index in [-0.39, 0.29) is 18.1 Å². The van der Waals surface area contributed by atoms with Gasteiger partial charge in [-0.25, -0.2) is 19.2 Å². The lowest BCUT2D eigenvalue weighted by Crippen LogP contribution is -2.33. The number of imidazole rings is 1. The number of aromatic nitrogens is 5. The summed E-state index contributed by atoms with van der Waals surface area (Å²) in [6, 6.07) is 17.2. The molecule has 2 aromatic carbocycles. The van der Waals surface area contributed by atoms with Crippen LogP contribution >= 0.6 is 11.6 Å². The SMILES string of the molecule is O=C(O)c1ccc2nc(CN3CCC(c4cccc(OCc5ccc(Cl)cc5F)n4)CC3)n(CCn3cccn3)c2c1. The Morgan fingerprint density at radius 2 is 1.90 bits per heavy atom. The van der Waals surface area contributed by atoms with Crippen molar-refractivity contribution in [1.82, 2.24) is 29.2 Å². The molecule has 3 aromatic heterocycles. The molecular formula is C31H30ClFN6O3. The standard InChI is InChI=1S/C31H30ClFN6O3/c32-24-7-5-23(25(33)18-24)20-42-30-4-1-3-26(36-30)21-9-13-37(14-10-21)19-29-35-27-8-6-22(31(40)41)17-28(27)39(29)16-15-38-12-2-11-34-38/h1-8,11-12,17-18,21H,9-10,13-16,19-20H2,(H,40,41). The summed E-state index contributed by atoms with van der Waals surface area (Å²) in [5, 5.41) is 14.2. The molecule has 0 radical (unpaired) electrons. The summed E-state index contributed by atoms with van der Waals surface area (Å²) in [6.45, 7) is 3.76. The number of carboxylic acid groups (broad SMARTS) is 1. The Morgan fingerprint density at radius 3 is 2.67 bits per heavy atom. The van der Waals surface area contributed by atoms with Crippen LogP contribution in [0.2, 0.25) is 5.02 Å². The topological polar surface area (TPSA) is 98.3 Å². The first-order valence-corrected chi connectivity index (χ1v) is 14.3. The van der Waals surface area contributed by atoms with Gasteiger partial charge in [-0.3, -0.25) is 9.58 Å². The molecule has 42 heavy (non-hydrogen) atoms. The van der Waals surface area contributed by atoms with Crippen LogP contribution in [0.5, 0.6) is 5.88 Å². The number of pyridine rings is 1. The number of carbonyl (C=O) groups is 1. The van der Waals surface area contributed by atoms with Crippen molar-refractivity contribution >= 4 is 28.6 Å². The highest BCUT2D eigenvalue weighted by atomic mass is 35.5. The second-order valence-electron chi connectivity index (χ2n) is 10.4. The zero-order valence-corrected chi connectivity index (χ0v) is 23.6. The van der Waals surface area contributed by atoms with Crippen LogP contribution in [0.4, 0.5) is 4.39 Å². The van der Waals surface area contributed by atoms with E-state index in [0.29, 0.717) is 36.1 Å². The maximum absolute atomic E-state index is 14.1. The highest BCUT2D eigenvalue weighted by Gasteiger charge is 2.24. The van der Waals surface area contributed by atoms with Gasteiger partial charge < -0.3 is 14.4 Å². The molecule has 5 aromatic rings. The van der Waals surface area contributed by atoms with Crippen LogP contribution in [0.25, 0.3) is 11.0 Å². The van der Waals surface area contributed by atoms with Crippen LogP contribution in [-0.2, 0) is 26.2 Å². The molecule has 0 aliphatic carbocycles. The number of hydrogen-bond acceptors (Lipinski definition) is 6. The molecule has 4 heterocycles. The molecule has 1 saturated heterocycles. The summed E-state index contributed by atoms with van der Waals surface area (Å²) in [7, 11) is 0. The number of rotatable bonds is 10. The van der Waals surface area contributed by atoms with Gasteiger partial charge in [0.05, 0.1) is 29.7 Å². The molecule has 1 N–H and O–H groups in total. The summed E-state index contributed by atoms with van der Waals surface area (Å²) in [4.78, 5) is 23.6. The van der Waals surface area contributed by atoms with Gasteiger partial charge in [0.25, 0.3) is 0 Å². The minimum Gasteiger partial charge on any atom is -0.478 e. The monoisotopic (exact) mass is 588 g/mol. The summed E-state index contributed by atoms with van der Waals surface area (Å²) < 4.78 is 23.9.